The van der Waals surface area contributed by atoms with Gasteiger partial charge in [0.05, 0.1) is 18.7 Å². The minimum absolute atomic E-state index is 0.106. The third-order valence-electron chi connectivity index (χ3n) is 3.87. The Bertz CT molecular complexity index is 725. The molecule has 0 atom stereocenters. The van der Waals surface area contributed by atoms with Crippen LogP contribution in [0, 0.1) is 13.8 Å². The van der Waals surface area contributed by atoms with Crippen LogP contribution in [0.1, 0.15) is 36.7 Å². The number of esters is 1. The molecule has 7 heteroatoms. The molecule has 2 aromatic rings. The SMILES string of the molecule is CCOC(=O)CCC(=O)NCCc1c(C)nn(-c2ccccn2)c1C. The van der Waals surface area contributed by atoms with Crippen LogP contribution in [0.15, 0.2) is 24.4 Å². The van der Waals surface area contributed by atoms with Crippen LogP contribution in [0.4, 0.5) is 0 Å². The molecule has 0 aliphatic carbocycles. The number of hydrogen-bond donors (Lipinski definition) is 1. The average Bonchev–Trinajstić information content (AvgIpc) is 2.89. The van der Waals surface area contributed by atoms with Gasteiger partial charge in [0.1, 0.15) is 0 Å². The van der Waals surface area contributed by atoms with Crippen LogP contribution in [-0.4, -0.2) is 39.8 Å². The van der Waals surface area contributed by atoms with Gasteiger partial charge < -0.3 is 10.1 Å². The molecule has 0 radical (unpaired) electrons. The van der Waals surface area contributed by atoms with Gasteiger partial charge in [0, 0.05) is 24.9 Å². The molecule has 0 saturated heterocycles. The number of carbonyl (C=O) groups excluding carboxylic acids is 2. The number of pyridine rings is 1. The second kappa shape index (κ2) is 8.96. The number of amides is 1. The number of aryl methyl sites for hydroxylation is 1. The van der Waals surface area contributed by atoms with E-state index >= 15 is 0 Å². The number of nitrogens with zero attached hydrogens (tertiary/aromatic N) is 3. The van der Waals surface area contributed by atoms with Gasteiger partial charge in [0.2, 0.25) is 5.91 Å². The zero-order chi connectivity index (χ0) is 18.2. The lowest BCUT2D eigenvalue weighted by atomic mass is 10.1. The highest BCUT2D eigenvalue weighted by Crippen LogP contribution is 2.16. The second-order valence-corrected chi connectivity index (χ2v) is 5.65. The Balaban J connectivity index is 1.88. The van der Waals surface area contributed by atoms with E-state index in [4.69, 9.17) is 4.74 Å². The van der Waals surface area contributed by atoms with Crippen molar-refractivity contribution in [3.63, 3.8) is 0 Å². The van der Waals surface area contributed by atoms with Gasteiger partial charge in [-0.3, -0.25) is 9.59 Å². The molecule has 1 N–H and O–H groups in total. The first kappa shape index (κ1) is 18.6. The Morgan fingerprint density at radius 1 is 1.24 bits per heavy atom. The maximum atomic E-state index is 11.8. The standard InChI is InChI=1S/C18H24N4O3/c1-4-25-18(24)9-8-17(23)20-12-10-15-13(2)21-22(14(15)3)16-7-5-6-11-19-16/h5-7,11H,4,8-10,12H2,1-3H3,(H,20,23). The summed E-state index contributed by atoms with van der Waals surface area (Å²) in [6.45, 7) is 6.52. The van der Waals surface area contributed by atoms with Crippen molar-refractivity contribution in [1.82, 2.24) is 20.1 Å². The van der Waals surface area contributed by atoms with E-state index in [0.29, 0.717) is 19.6 Å². The van der Waals surface area contributed by atoms with Crippen LogP contribution < -0.4 is 5.32 Å². The number of carbonyl (C=O) groups is 2. The molecule has 2 heterocycles. The minimum Gasteiger partial charge on any atom is -0.466 e. The van der Waals surface area contributed by atoms with Gasteiger partial charge in [0.15, 0.2) is 5.82 Å². The molecule has 0 aromatic carbocycles. The molecule has 0 unspecified atom stereocenters. The molecule has 0 bridgehead atoms. The van der Waals surface area contributed by atoms with Crippen molar-refractivity contribution < 1.29 is 14.3 Å². The molecular formula is C18H24N4O3. The summed E-state index contributed by atoms with van der Waals surface area (Å²) in [5.74, 6) is 0.272. The van der Waals surface area contributed by atoms with Gasteiger partial charge in [-0.25, -0.2) is 9.67 Å². The zero-order valence-corrected chi connectivity index (χ0v) is 14.9. The Labute approximate surface area is 147 Å². The quantitative estimate of drug-likeness (QED) is 0.739. The predicted molar refractivity (Wildman–Crippen MR) is 93.4 cm³/mol. The lowest BCUT2D eigenvalue weighted by molar-refractivity contribution is -0.144. The molecule has 0 saturated carbocycles. The maximum absolute atomic E-state index is 11.8. The smallest absolute Gasteiger partial charge is 0.306 e. The fourth-order valence-electron chi connectivity index (χ4n) is 2.60. The summed E-state index contributed by atoms with van der Waals surface area (Å²) in [5, 5.41) is 7.37. The van der Waals surface area contributed by atoms with Crippen molar-refractivity contribution in [3.05, 3.63) is 41.3 Å². The highest BCUT2D eigenvalue weighted by molar-refractivity contribution is 5.81. The summed E-state index contributed by atoms with van der Waals surface area (Å²) in [6.07, 6.45) is 2.66. The topological polar surface area (TPSA) is 86.1 Å². The molecular weight excluding hydrogens is 320 g/mol. The first-order chi connectivity index (χ1) is 12.0. The van der Waals surface area contributed by atoms with Crippen LogP contribution in [-0.2, 0) is 20.7 Å². The normalized spacial score (nSPS) is 10.5. The van der Waals surface area contributed by atoms with E-state index in [1.54, 1.807) is 13.1 Å². The summed E-state index contributed by atoms with van der Waals surface area (Å²) < 4.78 is 6.62. The zero-order valence-electron chi connectivity index (χ0n) is 14.9. The van der Waals surface area contributed by atoms with Crippen LogP contribution in [0.5, 0.6) is 0 Å². The van der Waals surface area contributed by atoms with E-state index in [1.807, 2.05) is 36.7 Å². The van der Waals surface area contributed by atoms with Gasteiger partial charge in [-0.05, 0) is 44.9 Å². The van der Waals surface area contributed by atoms with Crippen molar-refractivity contribution in [3.8, 4) is 5.82 Å². The largest absolute Gasteiger partial charge is 0.466 e. The van der Waals surface area contributed by atoms with E-state index in [9.17, 15) is 9.59 Å². The van der Waals surface area contributed by atoms with Gasteiger partial charge >= 0.3 is 5.97 Å². The third-order valence-corrected chi connectivity index (χ3v) is 3.87. The molecule has 0 fully saturated rings. The summed E-state index contributed by atoms with van der Waals surface area (Å²) in [6, 6.07) is 5.69. The Morgan fingerprint density at radius 2 is 2.04 bits per heavy atom. The van der Waals surface area contributed by atoms with Crippen LogP contribution in [0.2, 0.25) is 0 Å². The van der Waals surface area contributed by atoms with E-state index in [1.165, 1.54) is 0 Å². The van der Waals surface area contributed by atoms with E-state index in [2.05, 4.69) is 15.4 Å². The van der Waals surface area contributed by atoms with Crippen molar-refractivity contribution in [2.24, 2.45) is 0 Å². The molecule has 7 nitrogen and oxygen atoms in total. The summed E-state index contributed by atoms with van der Waals surface area (Å²) in [4.78, 5) is 27.4. The lowest BCUT2D eigenvalue weighted by Gasteiger charge is -2.06. The molecule has 0 spiro atoms. The first-order valence-electron chi connectivity index (χ1n) is 8.41. The molecule has 2 aromatic heterocycles. The molecule has 1 amide bonds. The Morgan fingerprint density at radius 3 is 2.72 bits per heavy atom. The van der Waals surface area contributed by atoms with Crippen molar-refractivity contribution in [2.45, 2.75) is 40.0 Å². The molecule has 25 heavy (non-hydrogen) atoms. The minimum atomic E-state index is -0.346. The predicted octanol–water partition coefficient (Wildman–Crippen LogP) is 1.89. The van der Waals surface area contributed by atoms with E-state index < -0.39 is 0 Å². The molecule has 2 rings (SSSR count). The fourth-order valence-corrected chi connectivity index (χ4v) is 2.60. The van der Waals surface area contributed by atoms with Crippen LogP contribution in [0.25, 0.3) is 5.82 Å². The van der Waals surface area contributed by atoms with Crippen molar-refractivity contribution >= 4 is 11.9 Å². The van der Waals surface area contributed by atoms with E-state index in [-0.39, 0.29) is 24.7 Å². The number of rotatable bonds is 8. The summed E-state index contributed by atoms with van der Waals surface area (Å²) in [7, 11) is 0. The third kappa shape index (κ3) is 5.14. The summed E-state index contributed by atoms with van der Waals surface area (Å²) >= 11 is 0. The summed E-state index contributed by atoms with van der Waals surface area (Å²) in [5.41, 5.74) is 3.03. The van der Waals surface area contributed by atoms with Gasteiger partial charge in [-0.1, -0.05) is 6.07 Å². The van der Waals surface area contributed by atoms with Crippen LogP contribution >= 0.6 is 0 Å². The fraction of sp³-hybridized carbons (Fsp3) is 0.444. The van der Waals surface area contributed by atoms with Crippen molar-refractivity contribution in [1.29, 1.82) is 0 Å². The number of aromatic nitrogens is 3. The number of nitrogens with one attached hydrogen (secondary N) is 1. The highest BCUT2D eigenvalue weighted by atomic mass is 16.5. The van der Waals surface area contributed by atoms with Gasteiger partial charge in [-0.15, -0.1) is 0 Å². The first-order valence-corrected chi connectivity index (χ1v) is 8.41. The average molecular weight is 344 g/mol. The van der Waals surface area contributed by atoms with Gasteiger partial charge in [-0.2, -0.15) is 5.10 Å². The van der Waals surface area contributed by atoms with E-state index in [0.717, 1.165) is 22.8 Å². The maximum Gasteiger partial charge on any atom is 0.306 e. The lowest BCUT2D eigenvalue weighted by Crippen LogP contribution is -2.26. The highest BCUT2D eigenvalue weighted by Gasteiger charge is 2.14. The monoisotopic (exact) mass is 344 g/mol. The Hall–Kier alpha value is -2.70. The molecule has 134 valence electrons. The van der Waals surface area contributed by atoms with Crippen molar-refractivity contribution in [2.75, 3.05) is 13.2 Å². The Kier molecular flexibility index (Phi) is 6.68. The van der Waals surface area contributed by atoms with Gasteiger partial charge in [0.25, 0.3) is 0 Å². The second-order valence-electron chi connectivity index (χ2n) is 5.65. The molecule has 0 aliphatic heterocycles. The number of hydrogen-bond acceptors (Lipinski definition) is 5. The molecule has 0 aliphatic rings. The number of ether oxygens (including phenoxy) is 1. The van der Waals surface area contributed by atoms with Crippen LogP contribution in [0.3, 0.4) is 0 Å².